The Bertz CT molecular complexity index is 1280. The molecular weight excluding hydrogens is 512 g/mol. The standard InChI is InChI=1S/C27H32N2O10/c1-13(37-14(2)30)24(32)28-16(25(33)34)12-20(31)38-18-7-8-27(35)19-11-15-5-6-17(36-4)22-21(15)26(27,23(18)39-22)9-10-29(19)3/h5-7,13,16,19,23,35H,8-12H2,1-4H3,(H,28,32)(H,33,34)/t13-,16-,19+,23?,26?,27+/m0/s1. The molecule has 12 heteroatoms. The van der Waals surface area contributed by atoms with Gasteiger partial charge in [0.15, 0.2) is 23.7 Å². The largest absolute Gasteiger partial charge is 0.493 e. The molecule has 5 rings (SSSR count). The minimum Gasteiger partial charge on any atom is -0.493 e. The zero-order valence-electron chi connectivity index (χ0n) is 22.2. The van der Waals surface area contributed by atoms with Crippen molar-refractivity contribution in [1.82, 2.24) is 10.2 Å². The third-order valence-electron chi connectivity index (χ3n) is 8.49. The van der Waals surface area contributed by atoms with E-state index in [1.54, 1.807) is 6.08 Å². The number of hydrogen-bond acceptors (Lipinski definition) is 10. The Kier molecular flexibility index (Phi) is 6.58. The number of nitrogens with zero attached hydrogens (tertiary/aromatic N) is 1. The molecule has 12 nitrogen and oxygen atoms in total. The predicted octanol–water partition coefficient (Wildman–Crippen LogP) is 0.427. The number of methoxy groups -OCH3 is 1. The highest BCUT2D eigenvalue weighted by atomic mass is 16.6. The van der Waals surface area contributed by atoms with Gasteiger partial charge in [0.25, 0.3) is 5.91 Å². The number of carbonyl (C=O) groups is 4. The zero-order valence-corrected chi connectivity index (χ0v) is 22.2. The lowest BCUT2D eigenvalue weighted by atomic mass is 9.50. The van der Waals surface area contributed by atoms with E-state index in [2.05, 4.69) is 10.2 Å². The fourth-order valence-electron chi connectivity index (χ4n) is 6.72. The molecule has 6 atom stereocenters. The molecule has 2 aliphatic carbocycles. The van der Waals surface area contributed by atoms with Crippen molar-refractivity contribution in [2.24, 2.45) is 0 Å². The fourth-order valence-corrected chi connectivity index (χ4v) is 6.72. The highest BCUT2D eigenvalue weighted by molar-refractivity contribution is 5.89. The number of piperidine rings is 1. The number of esters is 2. The molecule has 2 unspecified atom stereocenters. The molecule has 1 spiro atoms. The molecular formula is C27H32N2O10. The van der Waals surface area contributed by atoms with Gasteiger partial charge in [-0.25, -0.2) is 4.79 Å². The van der Waals surface area contributed by atoms with Gasteiger partial charge in [0.1, 0.15) is 11.8 Å². The highest BCUT2D eigenvalue weighted by Crippen LogP contribution is 2.65. The van der Waals surface area contributed by atoms with Crippen LogP contribution in [0.5, 0.6) is 11.5 Å². The number of carbonyl (C=O) groups excluding carboxylic acids is 3. The molecule has 210 valence electrons. The molecule has 1 aromatic carbocycles. The fraction of sp³-hybridized carbons (Fsp3) is 0.556. The van der Waals surface area contributed by atoms with E-state index in [4.69, 9.17) is 18.9 Å². The average molecular weight is 545 g/mol. The first-order chi connectivity index (χ1) is 18.4. The minimum atomic E-state index is -1.61. The summed E-state index contributed by atoms with van der Waals surface area (Å²) < 4.78 is 22.4. The Hall–Kier alpha value is -3.64. The maximum atomic E-state index is 13.0. The number of nitrogens with one attached hydrogen (secondary N) is 1. The van der Waals surface area contributed by atoms with Gasteiger partial charge in [-0.05, 0) is 51.1 Å². The number of aliphatic hydroxyl groups is 1. The lowest BCUT2D eigenvalue weighted by Crippen LogP contribution is -2.74. The molecule has 3 N–H and O–H groups in total. The van der Waals surface area contributed by atoms with E-state index in [0.29, 0.717) is 30.9 Å². The summed E-state index contributed by atoms with van der Waals surface area (Å²) in [5, 5.41) is 24.0. The summed E-state index contributed by atoms with van der Waals surface area (Å²) in [7, 11) is 3.52. The molecule has 2 bridgehead atoms. The van der Waals surface area contributed by atoms with Crippen LogP contribution in [0, 0.1) is 0 Å². The first-order valence-electron chi connectivity index (χ1n) is 12.8. The Morgan fingerprint density at radius 1 is 1.28 bits per heavy atom. The van der Waals surface area contributed by atoms with Gasteiger partial charge in [-0.3, -0.25) is 14.4 Å². The van der Waals surface area contributed by atoms with Crippen molar-refractivity contribution in [3.63, 3.8) is 0 Å². The second-order valence-electron chi connectivity index (χ2n) is 10.6. The summed E-state index contributed by atoms with van der Waals surface area (Å²) in [5.74, 6) is -2.71. The van der Waals surface area contributed by atoms with Crippen LogP contribution in [0.4, 0.5) is 0 Å². The van der Waals surface area contributed by atoms with Crippen LogP contribution in [0.15, 0.2) is 24.0 Å². The van der Waals surface area contributed by atoms with Crippen LogP contribution in [-0.4, -0.2) is 89.5 Å². The van der Waals surface area contributed by atoms with Crippen molar-refractivity contribution >= 4 is 23.8 Å². The SMILES string of the molecule is COc1ccc2c3c1OC1C(OC(=O)C[C@H](NC(=O)[C@H](C)OC(C)=O)C(=O)O)=CC[C@@]4(O)[C@@H](C2)N(C)CCC314. The summed E-state index contributed by atoms with van der Waals surface area (Å²) in [6, 6.07) is 2.02. The number of likely N-dealkylation sites (tertiary alicyclic amines) is 1. The van der Waals surface area contributed by atoms with Crippen LogP contribution in [0.2, 0.25) is 0 Å². The normalized spacial score (nSPS) is 29.6. The Morgan fingerprint density at radius 2 is 2.03 bits per heavy atom. The summed E-state index contributed by atoms with van der Waals surface area (Å²) in [6.07, 6.45) is 0.270. The van der Waals surface area contributed by atoms with Crippen molar-refractivity contribution in [1.29, 1.82) is 0 Å². The molecule has 1 saturated heterocycles. The maximum absolute atomic E-state index is 13.0. The number of rotatable bonds is 8. The van der Waals surface area contributed by atoms with Crippen molar-refractivity contribution in [2.45, 2.75) is 74.8 Å². The van der Waals surface area contributed by atoms with Crippen LogP contribution >= 0.6 is 0 Å². The van der Waals surface area contributed by atoms with Crippen molar-refractivity contribution < 1.29 is 48.3 Å². The average Bonchev–Trinajstić information content (AvgIpc) is 3.22. The number of carboxylic acids is 1. The lowest BCUT2D eigenvalue weighted by Gasteiger charge is -2.61. The van der Waals surface area contributed by atoms with Crippen LogP contribution in [0.1, 0.15) is 44.2 Å². The van der Waals surface area contributed by atoms with Gasteiger partial charge in [0, 0.05) is 24.9 Å². The van der Waals surface area contributed by atoms with E-state index in [1.165, 1.54) is 14.0 Å². The second-order valence-corrected chi connectivity index (χ2v) is 10.6. The molecule has 0 radical (unpaired) electrons. The van der Waals surface area contributed by atoms with Crippen LogP contribution in [0.3, 0.4) is 0 Å². The summed E-state index contributed by atoms with van der Waals surface area (Å²) >= 11 is 0. The number of hydrogen-bond donors (Lipinski definition) is 3. The number of carboxylic acid groups (broad SMARTS) is 1. The minimum absolute atomic E-state index is 0.177. The number of ether oxygens (including phenoxy) is 4. The first kappa shape index (κ1) is 26.9. The molecule has 4 aliphatic rings. The Morgan fingerprint density at radius 3 is 2.69 bits per heavy atom. The number of likely N-dealkylation sites (N-methyl/N-ethyl adjacent to an activating group) is 1. The Balaban J connectivity index is 1.41. The number of aliphatic carboxylic acids is 1. The molecule has 39 heavy (non-hydrogen) atoms. The summed E-state index contributed by atoms with van der Waals surface area (Å²) in [4.78, 5) is 50.3. The zero-order chi connectivity index (χ0) is 28.3. The van der Waals surface area contributed by atoms with Crippen LogP contribution < -0.4 is 14.8 Å². The number of benzene rings is 1. The predicted molar refractivity (Wildman–Crippen MR) is 133 cm³/mol. The molecule has 1 fully saturated rings. The van der Waals surface area contributed by atoms with Crippen LogP contribution in [0.25, 0.3) is 0 Å². The quantitative estimate of drug-likeness (QED) is 0.389. The van der Waals surface area contributed by atoms with Crippen molar-refractivity contribution in [2.75, 3.05) is 20.7 Å². The number of amides is 1. The van der Waals surface area contributed by atoms with E-state index < -0.39 is 59.5 Å². The van der Waals surface area contributed by atoms with Gasteiger partial charge in [0.2, 0.25) is 0 Å². The van der Waals surface area contributed by atoms with E-state index in [1.807, 2.05) is 19.2 Å². The third-order valence-corrected chi connectivity index (χ3v) is 8.49. The van der Waals surface area contributed by atoms with Gasteiger partial charge in [-0.2, -0.15) is 0 Å². The third kappa shape index (κ3) is 4.04. The lowest BCUT2D eigenvalue weighted by molar-refractivity contribution is -0.170. The van der Waals surface area contributed by atoms with E-state index in [0.717, 1.165) is 18.1 Å². The molecule has 0 saturated carbocycles. The van der Waals surface area contributed by atoms with E-state index in [-0.39, 0.29) is 18.2 Å². The van der Waals surface area contributed by atoms with E-state index >= 15 is 0 Å². The first-order valence-corrected chi connectivity index (χ1v) is 12.8. The molecule has 0 aromatic heterocycles. The van der Waals surface area contributed by atoms with Gasteiger partial charge in [-0.15, -0.1) is 0 Å². The highest BCUT2D eigenvalue weighted by Gasteiger charge is 2.72. The van der Waals surface area contributed by atoms with E-state index in [9.17, 15) is 29.4 Å². The molecule has 2 aliphatic heterocycles. The van der Waals surface area contributed by atoms with Gasteiger partial charge >= 0.3 is 17.9 Å². The summed E-state index contributed by atoms with van der Waals surface area (Å²) in [6.45, 7) is 3.10. The van der Waals surface area contributed by atoms with Crippen molar-refractivity contribution in [3.8, 4) is 11.5 Å². The van der Waals surface area contributed by atoms with Gasteiger partial charge in [0.05, 0.1) is 24.5 Å². The monoisotopic (exact) mass is 544 g/mol. The van der Waals surface area contributed by atoms with Gasteiger partial charge in [-0.1, -0.05) is 6.07 Å². The summed E-state index contributed by atoms with van der Waals surface area (Å²) in [5.41, 5.74) is -0.158. The van der Waals surface area contributed by atoms with Crippen LogP contribution in [-0.2, 0) is 40.5 Å². The molecule has 1 amide bonds. The Labute approximate surface area is 224 Å². The maximum Gasteiger partial charge on any atom is 0.326 e. The van der Waals surface area contributed by atoms with Gasteiger partial charge < -0.3 is 39.4 Å². The van der Waals surface area contributed by atoms with Crippen molar-refractivity contribution in [3.05, 3.63) is 35.1 Å². The smallest absolute Gasteiger partial charge is 0.326 e. The topological polar surface area (TPSA) is 161 Å². The molecule has 1 aromatic rings. The molecule has 2 heterocycles. The second kappa shape index (κ2) is 9.53.